The van der Waals surface area contributed by atoms with E-state index in [2.05, 4.69) is 15.2 Å². The second-order valence-electron chi connectivity index (χ2n) is 5.32. The van der Waals surface area contributed by atoms with Crippen molar-refractivity contribution >= 4 is 17.6 Å². The third kappa shape index (κ3) is 3.60. The number of hydrogen-bond acceptors (Lipinski definition) is 5. The Morgan fingerprint density at radius 3 is 2.58 bits per heavy atom. The molecule has 0 amide bonds. The van der Waals surface area contributed by atoms with Gasteiger partial charge in [0.05, 0.1) is 12.3 Å². The minimum absolute atomic E-state index is 0.169. The van der Waals surface area contributed by atoms with Gasteiger partial charge in [0.2, 0.25) is 11.8 Å². The monoisotopic (exact) mass is 343 g/mol. The Balaban J connectivity index is 2.07. The Kier molecular flexibility index (Phi) is 4.57. The Bertz CT molecular complexity index is 865. The number of aryl methyl sites for hydroxylation is 1. The van der Waals surface area contributed by atoms with Gasteiger partial charge in [-0.15, -0.1) is 10.2 Å². The van der Waals surface area contributed by atoms with Crippen LogP contribution in [0.15, 0.2) is 47.1 Å². The summed E-state index contributed by atoms with van der Waals surface area (Å²) < 4.78 is 5.45. The van der Waals surface area contributed by atoms with Gasteiger partial charge in [-0.2, -0.15) is 0 Å². The summed E-state index contributed by atoms with van der Waals surface area (Å²) in [7, 11) is 0. The molecule has 0 saturated carbocycles. The van der Waals surface area contributed by atoms with Gasteiger partial charge in [-0.1, -0.05) is 17.7 Å². The minimum atomic E-state index is -0.957. The number of rotatable bonds is 5. The number of benzene rings is 1. The Morgan fingerprint density at radius 2 is 1.96 bits per heavy atom. The number of carboxylic acid groups (broad SMARTS) is 1. The largest absolute Gasteiger partial charge is 0.481 e. The van der Waals surface area contributed by atoms with E-state index in [9.17, 15) is 9.90 Å². The number of halogens is 1. The van der Waals surface area contributed by atoms with E-state index in [0.717, 1.165) is 11.1 Å². The maximum atomic E-state index is 11.3. The van der Waals surface area contributed by atoms with Crippen LogP contribution in [0.1, 0.15) is 29.7 Å². The van der Waals surface area contributed by atoms with E-state index >= 15 is 0 Å². The number of aromatic nitrogens is 3. The van der Waals surface area contributed by atoms with Crippen LogP contribution in [-0.4, -0.2) is 26.3 Å². The highest BCUT2D eigenvalue weighted by molar-refractivity contribution is 6.31. The third-order valence-corrected chi connectivity index (χ3v) is 3.77. The summed E-state index contributed by atoms with van der Waals surface area (Å²) in [5.41, 5.74) is 2.51. The van der Waals surface area contributed by atoms with E-state index in [1.807, 2.05) is 24.3 Å². The number of pyridine rings is 1. The lowest BCUT2D eigenvalue weighted by atomic mass is 9.92. The standard InChI is InChI=1S/C17H14ClN3O3/c1-10-20-21-17(24-10)15(9-16(22)23)13-6-12(7-14(18)8-13)11-2-4-19-5-3-11/h2-8,15H,9H2,1H3,(H,22,23). The molecule has 0 radical (unpaired) electrons. The molecule has 2 heterocycles. The topological polar surface area (TPSA) is 89.1 Å². The zero-order chi connectivity index (χ0) is 17.1. The summed E-state index contributed by atoms with van der Waals surface area (Å²) >= 11 is 6.24. The fraction of sp³-hybridized carbons (Fsp3) is 0.176. The van der Waals surface area contributed by atoms with Gasteiger partial charge in [0, 0.05) is 24.3 Å². The van der Waals surface area contributed by atoms with Gasteiger partial charge in [0.25, 0.3) is 0 Å². The number of carboxylic acids is 1. The van der Waals surface area contributed by atoms with Crippen LogP contribution in [0.25, 0.3) is 11.1 Å². The molecule has 0 bridgehead atoms. The van der Waals surface area contributed by atoms with E-state index in [1.165, 1.54) is 0 Å². The number of aliphatic carboxylic acids is 1. The number of carbonyl (C=O) groups is 1. The highest BCUT2D eigenvalue weighted by atomic mass is 35.5. The quantitative estimate of drug-likeness (QED) is 0.759. The highest BCUT2D eigenvalue weighted by Crippen LogP contribution is 2.33. The van der Waals surface area contributed by atoms with Crippen molar-refractivity contribution in [2.75, 3.05) is 0 Å². The predicted octanol–water partition coefficient (Wildman–Crippen LogP) is 3.70. The van der Waals surface area contributed by atoms with Gasteiger partial charge in [-0.25, -0.2) is 0 Å². The van der Waals surface area contributed by atoms with Crippen molar-refractivity contribution < 1.29 is 14.3 Å². The normalized spacial score (nSPS) is 12.1. The number of nitrogens with zero attached hydrogens (tertiary/aromatic N) is 3. The van der Waals surface area contributed by atoms with Crippen molar-refractivity contribution in [1.82, 2.24) is 15.2 Å². The molecule has 3 aromatic rings. The summed E-state index contributed by atoms with van der Waals surface area (Å²) in [4.78, 5) is 15.3. The molecule has 6 nitrogen and oxygen atoms in total. The van der Waals surface area contributed by atoms with E-state index in [1.54, 1.807) is 25.4 Å². The van der Waals surface area contributed by atoms with Crippen molar-refractivity contribution in [2.24, 2.45) is 0 Å². The molecule has 3 rings (SSSR count). The molecule has 1 unspecified atom stereocenters. The van der Waals surface area contributed by atoms with Crippen LogP contribution in [0.4, 0.5) is 0 Å². The molecule has 0 aliphatic rings. The first-order valence-corrected chi connectivity index (χ1v) is 7.63. The predicted molar refractivity (Wildman–Crippen MR) is 87.8 cm³/mol. The zero-order valence-corrected chi connectivity index (χ0v) is 13.6. The summed E-state index contributed by atoms with van der Waals surface area (Å²) in [6, 6.07) is 9.14. The molecule has 0 aliphatic carbocycles. The second-order valence-corrected chi connectivity index (χ2v) is 5.76. The molecule has 0 fully saturated rings. The van der Waals surface area contributed by atoms with Crippen LogP contribution in [0.3, 0.4) is 0 Å². The van der Waals surface area contributed by atoms with Crippen molar-refractivity contribution in [3.8, 4) is 11.1 Å². The molecular formula is C17H14ClN3O3. The lowest BCUT2D eigenvalue weighted by molar-refractivity contribution is -0.137. The van der Waals surface area contributed by atoms with Gasteiger partial charge in [0.15, 0.2) is 0 Å². The van der Waals surface area contributed by atoms with E-state index in [0.29, 0.717) is 16.5 Å². The van der Waals surface area contributed by atoms with Crippen molar-refractivity contribution in [1.29, 1.82) is 0 Å². The zero-order valence-electron chi connectivity index (χ0n) is 12.8. The average Bonchev–Trinajstić information content (AvgIpc) is 2.99. The molecule has 1 atom stereocenters. The average molecular weight is 344 g/mol. The van der Waals surface area contributed by atoms with Crippen LogP contribution in [0.5, 0.6) is 0 Å². The molecule has 7 heteroatoms. The Hall–Kier alpha value is -2.73. The van der Waals surface area contributed by atoms with Crippen LogP contribution in [0.2, 0.25) is 5.02 Å². The third-order valence-electron chi connectivity index (χ3n) is 3.55. The van der Waals surface area contributed by atoms with Crippen molar-refractivity contribution in [3.05, 3.63) is 65.1 Å². The first-order valence-electron chi connectivity index (χ1n) is 7.25. The summed E-state index contributed by atoms with van der Waals surface area (Å²) in [5, 5.41) is 17.5. The minimum Gasteiger partial charge on any atom is -0.481 e. The second kappa shape index (κ2) is 6.80. The maximum absolute atomic E-state index is 11.3. The van der Waals surface area contributed by atoms with Gasteiger partial charge < -0.3 is 9.52 Å². The molecule has 1 aromatic carbocycles. The maximum Gasteiger partial charge on any atom is 0.304 e. The van der Waals surface area contributed by atoms with E-state index in [4.69, 9.17) is 16.0 Å². The van der Waals surface area contributed by atoms with Crippen LogP contribution in [-0.2, 0) is 4.79 Å². The van der Waals surface area contributed by atoms with E-state index < -0.39 is 11.9 Å². The van der Waals surface area contributed by atoms with Gasteiger partial charge in [-0.05, 0) is 41.0 Å². The highest BCUT2D eigenvalue weighted by Gasteiger charge is 2.24. The van der Waals surface area contributed by atoms with Gasteiger partial charge >= 0.3 is 5.97 Å². The van der Waals surface area contributed by atoms with Crippen molar-refractivity contribution in [2.45, 2.75) is 19.3 Å². The number of hydrogen-bond donors (Lipinski definition) is 1. The first kappa shape index (κ1) is 16.1. The van der Waals surface area contributed by atoms with Crippen LogP contribution < -0.4 is 0 Å². The molecule has 122 valence electrons. The Morgan fingerprint density at radius 1 is 1.21 bits per heavy atom. The van der Waals surface area contributed by atoms with E-state index in [-0.39, 0.29) is 12.3 Å². The first-order chi connectivity index (χ1) is 11.5. The smallest absolute Gasteiger partial charge is 0.304 e. The SMILES string of the molecule is Cc1nnc(C(CC(=O)O)c2cc(Cl)cc(-c3ccncc3)c2)o1. The fourth-order valence-corrected chi connectivity index (χ4v) is 2.74. The molecule has 24 heavy (non-hydrogen) atoms. The molecular weight excluding hydrogens is 330 g/mol. The van der Waals surface area contributed by atoms with Crippen molar-refractivity contribution in [3.63, 3.8) is 0 Å². The molecule has 1 N–H and O–H groups in total. The Labute approximate surface area is 143 Å². The fourth-order valence-electron chi connectivity index (χ4n) is 2.50. The lowest BCUT2D eigenvalue weighted by Gasteiger charge is -2.13. The van der Waals surface area contributed by atoms with Gasteiger partial charge in [-0.3, -0.25) is 9.78 Å². The molecule has 2 aromatic heterocycles. The summed E-state index contributed by atoms with van der Waals surface area (Å²) in [5.74, 6) is -0.876. The molecule has 0 spiro atoms. The van der Waals surface area contributed by atoms with Crippen LogP contribution >= 0.6 is 11.6 Å². The lowest BCUT2D eigenvalue weighted by Crippen LogP contribution is -2.09. The van der Waals surface area contributed by atoms with Gasteiger partial charge in [0.1, 0.15) is 0 Å². The summed E-state index contributed by atoms with van der Waals surface area (Å²) in [6.45, 7) is 1.66. The molecule has 0 saturated heterocycles. The molecule has 0 aliphatic heterocycles. The van der Waals surface area contributed by atoms with Crippen LogP contribution in [0, 0.1) is 6.92 Å². The summed E-state index contributed by atoms with van der Waals surface area (Å²) in [6.07, 6.45) is 3.20.